The molecule has 17 heavy (non-hydrogen) atoms. The highest BCUT2D eigenvalue weighted by molar-refractivity contribution is 7.98. The number of nitriles is 1. The van der Waals surface area contributed by atoms with Crippen LogP contribution in [0.5, 0.6) is 0 Å². The molecule has 0 aliphatic rings. The van der Waals surface area contributed by atoms with Gasteiger partial charge >= 0.3 is 0 Å². The Hall–Kier alpha value is -1.81. The summed E-state index contributed by atoms with van der Waals surface area (Å²) >= 11 is 1.37. The molecule has 0 unspecified atom stereocenters. The van der Waals surface area contributed by atoms with Crippen molar-refractivity contribution in [3.63, 3.8) is 0 Å². The lowest BCUT2D eigenvalue weighted by atomic mass is 10.3. The van der Waals surface area contributed by atoms with Crippen molar-refractivity contribution in [2.75, 3.05) is 32.2 Å². The Morgan fingerprint density at radius 2 is 2.29 bits per heavy atom. The lowest BCUT2D eigenvalue weighted by molar-refractivity contribution is -0.126. The fourth-order valence-corrected chi connectivity index (χ4v) is 1.58. The van der Waals surface area contributed by atoms with Crippen molar-refractivity contribution in [3.8, 4) is 6.07 Å². The van der Waals surface area contributed by atoms with Crippen LogP contribution in [0.4, 0.5) is 5.82 Å². The van der Waals surface area contributed by atoms with Crippen molar-refractivity contribution in [2.45, 2.75) is 5.03 Å². The number of anilines is 1. The fourth-order valence-electron chi connectivity index (χ4n) is 1.08. The number of carbonyl (C=O) groups is 1. The molecule has 1 amide bonds. The van der Waals surface area contributed by atoms with E-state index in [9.17, 15) is 4.79 Å². The van der Waals surface area contributed by atoms with E-state index in [1.807, 2.05) is 12.3 Å². The molecule has 1 rings (SSSR count). The van der Waals surface area contributed by atoms with Gasteiger partial charge in [0.25, 0.3) is 0 Å². The largest absolute Gasteiger partial charge is 0.360 e. The van der Waals surface area contributed by atoms with Crippen LogP contribution in [0.15, 0.2) is 11.4 Å². The second kappa shape index (κ2) is 6.06. The molecule has 7 heteroatoms. The van der Waals surface area contributed by atoms with E-state index in [1.54, 1.807) is 14.1 Å². The average molecular weight is 251 g/mol. The molecule has 0 aliphatic heterocycles. The van der Waals surface area contributed by atoms with Gasteiger partial charge in [-0.2, -0.15) is 5.26 Å². The Bertz CT molecular complexity index is 454. The van der Waals surface area contributed by atoms with Crippen molar-refractivity contribution < 1.29 is 4.79 Å². The summed E-state index contributed by atoms with van der Waals surface area (Å²) in [6.07, 6.45) is 3.20. The molecular formula is C10H13N5OS. The molecule has 0 saturated heterocycles. The topological polar surface area (TPSA) is 81.9 Å². The molecule has 0 aliphatic carbocycles. The van der Waals surface area contributed by atoms with Crippen LogP contribution < -0.4 is 5.32 Å². The molecule has 1 aromatic rings. The Labute approximate surface area is 104 Å². The van der Waals surface area contributed by atoms with Gasteiger partial charge in [0, 0.05) is 14.1 Å². The van der Waals surface area contributed by atoms with E-state index in [0.717, 1.165) is 0 Å². The maximum absolute atomic E-state index is 11.4. The maximum atomic E-state index is 11.4. The van der Waals surface area contributed by atoms with E-state index in [-0.39, 0.29) is 12.5 Å². The zero-order valence-corrected chi connectivity index (χ0v) is 10.7. The van der Waals surface area contributed by atoms with Crippen molar-refractivity contribution in [2.24, 2.45) is 0 Å². The third-order valence-electron chi connectivity index (χ3n) is 2.02. The molecule has 1 heterocycles. The first-order chi connectivity index (χ1) is 8.10. The summed E-state index contributed by atoms with van der Waals surface area (Å²) in [5, 5.41) is 12.5. The van der Waals surface area contributed by atoms with Crippen LogP contribution in [0.2, 0.25) is 0 Å². The molecule has 6 nitrogen and oxygen atoms in total. The SMILES string of the molecule is CSc1ncnc(NCC(=O)N(C)C)c1C#N. The van der Waals surface area contributed by atoms with E-state index in [4.69, 9.17) is 5.26 Å². The highest BCUT2D eigenvalue weighted by atomic mass is 32.2. The number of carbonyl (C=O) groups excluding carboxylic acids is 1. The van der Waals surface area contributed by atoms with Gasteiger partial charge in [-0.1, -0.05) is 0 Å². The van der Waals surface area contributed by atoms with Crippen molar-refractivity contribution in [1.29, 1.82) is 5.26 Å². The smallest absolute Gasteiger partial charge is 0.241 e. The first-order valence-corrected chi connectivity index (χ1v) is 6.05. The van der Waals surface area contributed by atoms with Crippen LogP contribution in [-0.4, -0.2) is 47.7 Å². The van der Waals surface area contributed by atoms with Gasteiger partial charge in [0.05, 0.1) is 6.54 Å². The highest BCUT2D eigenvalue weighted by Gasteiger charge is 2.11. The van der Waals surface area contributed by atoms with Gasteiger partial charge in [0.2, 0.25) is 5.91 Å². The Balaban J connectivity index is 2.85. The zero-order chi connectivity index (χ0) is 12.8. The summed E-state index contributed by atoms with van der Waals surface area (Å²) in [5.41, 5.74) is 0.367. The summed E-state index contributed by atoms with van der Waals surface area (Å²) in [4.78, 5) is 20.8. The molecule has 0 aromatic carbocycles. The number of thioether (sulfide) groups is 1. The van der Waals surface area contributed by atoms with Gasteiger partial charge in [0.15, 0.2) is 0 Å². The van der Waals surface area contributed by atoms with E-state index in [0.29, 0.717) is 16.4 Å². The third-order valence-corrected chi connectivity index (χ3v) is 2.72. The van der Waals surface area contributed by atoms with E-state index in [2.05, 4.69) is 15.3 Å². The van der Waals surface area contributed by atoms with E-state index in [1.165, 1.54) is 23.0 Å². The van der Waals surface area contributed by atoms with Crippen molar-refractivity contribution in [3.05, 3.63) is 11.9 Å². The van der Waals surface area contributed by atoms with Crippen LogP contribution in [0.1, 0.15) is 5.56 Å². The quantitative estimate of drug-likeness (QED) is 0.622. The molecule has 0 saturated carbocycles. The number of nitrogens with zero attached hydrogens (tertiary/aromatic N) is 4. The Morgan fingerprint density at radius 1 is 1.59 bits per heavy atom. The summed E-state index contributed by atoms with van der Waals surface area (Å²) in [6.45, 7) is 0.104. The van der Waals surface area contributed by atoms with E-state index >= 15 is 0 Å². The lowest BCUT2D eigenvalue weighted by Crippen LogP contribution is -2.29. The Morgan fingerprint density at radius 3 is 2.82 bits per heavy atom. The van der Waals surface area contributed by atoms with Crippen molar-refractivity contribution in [1.82, 2.24) is 14.9 Å². The van der Waals surface area contributed by atoms with Crippen LogP contribution in [0.25, 0.3) is 0 Å². The summed E-state index contributed by atoms with van der Waals surface area (Å²) in [6, 6.07) is 2.03. The summed E-state index contributed by atoms with van der Waals surface area (Å²) in [5.74, 6) is 0.306. The Kier molecular flexibility index (Phi) is 4.72. The molecule has 0 bridgehead atoms. The third kappa shape index (κ3) is 3.32. The van der Waals surface area contributed by atoms with Crippen LogP contribution in [0, 0.1) is 11.3 Å². The molecule has 0 radical (unpaired) electrons. The molecule has 0 spiro atoms. The van der Waals surface area contributed by atoms with Gasteiger partial charge < -0.3 is 10.2 Å². The standard InChI is InChI=1S/C10H13N5OS/c1-15(2)8(16)5-12-9-7(4-11)10(17-3)14-6-13-9/h6H,5H2,1-3H3,(H,12,13,14). The second-order valence-electron chi connectivity index (χ2n) is 3.36. The van der Waals surface area contributed by atoms with Crippen LogP contribution in [-0.2, 0) is 4.79 Å². The molecule has 0 atom stereocenters. The maximum Gasteiger partial charge on any atom is 0.241 e. The number of nitrogens with one attached hydrogen (secondary N) is 1. The average Bonchev–Trinajstić information content (AvgIpc) is 2.34. The number of likely N-dealkylation sites (N-methyl/N-ethyl adjacent to an activating group) is 1. The van der Waals surface area contributed by atoms with Crippen LogP contribution in [0.3, 0.4) is 0 Å². The molecule has 1 N–H and O–H groups in total. The van der Waals surface area contributed by atoms with Gasteiger partial charge in [0.1, 0.15) is 28.8 Å². The van der Waals surface area contributed by atoms with Gasteiger partial charge in [-0.15, -0.1) is 11.8 Å². The monoisotopic (exact) mass is 251 g/mol. The fraction of sp³-hybridized carbons (Fsp3) is 0.400. The second-order valence-corrected chi connectivity index (χ2v) is 4.16. The summed E-state index contributed by atoms with van der Waals surface area (Å²) < 4.78 is 0. The lowest BCUT2D eigenvalue weighted by Gasteiger charge is -2.12. The normalized spacial score (nSPS) is 9.53. The van der Waals surface area contributed by atoms with Gasteiger partial charge in [-0.05, 0) is 6.26 Å². The van der Waals surface area contributed by atoms with Gasteiger partial charge in [-0.25, -0.2) is 9.97 Å². The van der Waals surface area contributed by atoms with E-state index < -0.39 is 0 Å². The van der Waals surface area contributed by atoms with Crippen molar-refractivity contribution >= 4 is 23.5 Å². The first kappa shape index (κ1) is 13.3. The number of hydrogen-bond acceptors (Lipinski definition) is 6. The predicted octanol–water partition coefficient (Wildman–Crippen LogP) is 0.570. The van der Waals surface area contributed by atoms with Gasteiger partial charge in [-0.3, -0.25) is 4.79 Å². The highest BCUT2D eigenvalue weighted by Crippen LogP contribution is 2.21. The molecule has 0 fully saturated rings. The number of amides is 1. The minimum atomic E-state index is -0.0850. The minimum absolute atomic E-state index is 0.0850. The first-order valence-electron chi connectivity index (χ1n) is 4.83. The number of rotatable bonds is 4. The number of aromatic nitrogens is 2. The number of hydrogen-bond donors (Lipinski definition) is 1. The molecule has 1 aromatic heterocycles. The molecule has 90 valence electrons. The molecular weight excluding hydrogens is 238 g/mol. The summed E-state index contributed by atoms with van der Waals surface area (Å²) in [7, 11) is 3.34. The minimum Gasteiger partial charge on any atom is -0.360 e. The van der Waals surface area contributed by atoms with Crippen LogP contribution >= 0.6 is 11.8 Å². The predicted molar refractivity (Wildman–Crippen MR) is 65.7 cm³/mol. The zero-order valence-electron chi connectivity index (χ0n) is 9.89.